The second kappa shape index (κ2) is 15.7. The van der Waals surface area contributed by atoms with Crippen LogP contribution in [0.3, 0.4) is 0 Å². The number of nitrogens with one attached hydrogen (secondary N) is 2. The predicted octanol–water partition coefficient (Wildman–Crippen LogP) is -2.72. The molecule has 126 valence electrons. The van der Waals surface area contributed by atoms with Crippen LogP contribution in [0.4, 0.5) is 0 Å². The standard InChI is InChI=1S/C10H15N3O6S3.2Na/c14-7(2-1-6(10(18)19)13(21)22)12-5(4-20)9(17)11-3-8(15)16;;/h5-6,20H,1-4H2,(H,11,17)(H,12,14)(H,15,16)(H,18,19);;/t5-,6-;;/m0../s1. The van der Waals surface area contributed by atoms with Gasteiger partial charge in [0, 0.05) is 77.7 Å². The molecule has 2 atom stereocenters. The van der Waals surface area contributed by atoms with Gasteiger partial charge in [0.15, 0.2) is 0 Å². The summed E-state index contributed by atoms with van der Waals surface area (Å²) < 4.78 is 0.644. The Hall–Kier alpha value is 0.470. The molecule has 0 saturated carbocycles. The van der Waals surface area contributed by atoms with Crippen molar-refractivity contribution < 1.29 is 32.7 Å². The normalized spacial score (nSPS) is 11.7. The molecule has 0 aliphatic carbocycles. The van der Waals surface area contributed by atoms with E-state index in [-0.39, 0.29) is 77.7 Å². The molecule has 0 bridgehead atoms. The number of carboxylic acids is 2. The Bertz CT molecular complexity index is 469. The number of rotatable bonds is 10. The number of hydrogen-bond donors (Lipinski definition) is 5. The first-order valence-electron chi connectivity index (χ1n) is 5.95. The van der Waals surface area contributed by atoms with E-state index in [0.717, 1.165) is 0 Å². The average Bonchev–Trinajstić information content (AvgIpc) is 2.41. The second-order valence-electron chi connectivity index (χ2n) is 4.09. The first kappa shape index (κ1) is 29.2. The molecule has 9 nitrogen and oxygen atoms in total. The van der Waals surface area contributed by atoms with E-state index in [9.17, 15) is 19.2 Å². The van der Waals surface area contributed by atoms with Crippen LogP contribution in [0.15, 0.2) is 0 Å². The summed E-state index contributed by atoms with van der Waals surface area (Å²) in [5.41, 5.74) is 0. The van der Waals surface area contributed by atoms with Crippen LogP contribution in [0.1, 0.15) is 12.8 Å². The van der Waals surface area contributed by atoms with Gasteiger partial charge >= 0.3 is 11.9 Å². The molecule has 0 aromatic rings. The minimum atomic E-state index is -1.25. The minimum Gasteiger partial charge on any atom is -0.480 e. The van der Waals surface area contributed by atoms with Crippen LogP contribution in [0.5, 0.6) is 0 Å². The molecule has 0 aliphatic rings. The summed E-state index contributed by atoms with van der Waals surface area (Å²) in [5, 5.41) is 21.7. The quantitative estimate of drug-likeness (QED) is 0.112. The Morgan fingerprint density at radius 1 is 1.21 bits per heavy atom. The molecular formula is C10H15N3Na2O6S3. The Balaban J connectivity index is -0.00000220. The molecule has 2 radical (unpaired) electrons. The Kier molecular flexibility index (Phi) is 19.1. The van der Waals surface area contributed by atoms with E-state index in [1.807, 2.05) is 0 Å². The van der Waals surface area contributed by atoms with E-state index in [1.165, 1.54) is 0 Å². The second-order valence-corrected chi connectivity index (χ2v) is 5.48. The molecule has 2 amide bonds. The summed E-state index contributed by atoms with van der Waals surface area (Å²) in [4.78, 5) is 44.5. The molecule has 0 fully saturated rings. The van der Waals surface area contributed by atoms with Gasteiger partial charge in [-0.1, -0.05) is 25.2 Å². The summed E-state index contributed by atoms with van der Waals surface area (Å²) in [5.74, 6) is -3.81. The van der Waals surface area contributed by atoms with Gasteiger partial charge in [-0.3, -0.25) is 14.4 Å². The summed E-state index contributed by atoms with van der Waals surface area (Å²) in [6.07, 6.45) is -0.332. The fourth-order valence-electron chi connectivity index (χ4n) is 1.33. The molecule has 0 rings (SSSR count). The van der Waals surface area contributed by atoms with E-state index in [1.54, 1.807) is 0 Å². The third-order valence-electron chi connectivity index (χ3n) is 2.43. The predicted molar refractivity (Wildman–Crippen MR) is 93.6 cm³/mol. The number of nitrogens with zero attached hydrogens (tertiary/aromatic N) is 1. The Morgan fingerprint density at radius 2 is 1.75 bits per heavy atom. The first-order chi connectivity index (χ1) is 10.2. The van der Waals surface area contributed by atoms with Gasteiger partial charge in [0.05, 0.1) is 0 Å². The van der Waals surface area contributed by atoms with Gasteiger partial charge in [0.2, 0.25) is 17.9 Å². The maximum atomic E-state index is 11.7. The molecule has 0 saturated heterocycles. The van der Waals surface area contributed by atoms with Crippen LogP contribution in [-0.4, -0.2) is 121 Å². The van der Waals surface area contributed by atoms with Crippen LogP contribution in [0.25, 0.3) is 0 Å². The van der Waals surface area contributed by atoms with Crippen molar-refractivity contribution >= 4 is 121 Å². The number of aliphatic carboxylic acids is 2. The SMILES string of the molecule is O=C(O)CNC(=O)[C@H](CS)NC(=O)CC[C@@H](C(=O)O)[N+](=S)[S-].[Na].[Na]. The van der Waals surface area contributed by atoms with Gasteiger partial charge in [-0.05, 0) is 0 Å². The Morgan fingerprint density at radius 3 is 2.12 bits per heavy atom. The topological polar surface area (TPSA) is 136 Å². The van der Waals surface area contributed by atoms with E-state index in [4.69, 9.17) is 10.2 Å². The first-order valence-corrected chi connectivity index (χ1v) is 7.31. The molecular weight excluding hydrogens is 400 g/mol. The number of hydrogen-bond acceptors (Lipinski definition) is 7. The molecule has 0 heterocycles. The van der Waals surface area contributed by atoms with E-state index >= 15 is 0 Å². The van der Waals surface area contributed by atoms with Crippen molar-refractivity contribution in [2.24, 2.45) is 0 Å². The zero-order chi connectivity index (χ0) is 17.3. The molecule has 14 heteroatoms. The summed E-state index contributed by atoms with van der Waals surface area (Å²) >= 11 is 13.0. The van der Waals surface area contributed by atoms with Gasteiger partial charge in [-0.25, -0.2) is 8.15 Å². The zero-order valence-electron chi connectivity index (χ0n) is 13.2. The van der Waals surface area contributed by atoms with Gasteiger partial charge in [0.1, 0.15) is 12.6 Å². The Labute approximate surface area is 199 Å². The van der Waals surface area contributed by atoms with Crippen molar-refractivity contribution in [3.05, 3.63) is 0 Å². The molecule has 0 aromatic heterocycles. The van der Waals surface area contributed by atoms with Gasteiger partial charge in [-0.2, -0.15) is 12.6 Å². The van der Waals surface area contributed by atoms with Crippen LogP contribution >= 0.6 is 12.6 Å². The number of carbonyl (C=O) groups excluding carboxylic acids is 2. The van der Waals surface area contributed by atoms with Crippen LogP contribution in [-0.2, 0) is 44.4 Å². The number of carbonyl (C=O) groups is 4. The fourth-order valence-corrected chi connectivity index (χ4v) is 1.98. The van der Waals surface area contributed by atoms with Gasteiger partial charge in [0.25, 0.3) is 0 Å². The smallest absolute Gasteiger partial charge is 0.372 e. The van der Waals surface area contributed by atoms with Gasteiger partial charge < -0.3 is 20.8 Å². The van der Waals surface area contributed by atoms with Crippen LogP contribution in [0, 0.1) is 0 Å². The number of thiol groups is 1. The third kappa shape index (κ3) is 12.8. The third-order valence-corrected chi connectivity index (χ3v) is 3.31. The molecule has 0 aromatic carbocycles. The zero-order valence-corrected chi connectivity index (χ0v) is 19.7. The van der Waals surface area contributed by atoms with Crippen molar-refractivity contribution in [3.63, 3.8) is 0 Å². The van der Waals surface area contributed by atoms with Crippen molar-refractivity contribution in [3.8, 4) is 0 Å². The van der Waals surface area contributed by atoms with Crippen molar-refractivity contribution in [2.75, 3.05) is 12.3 Å². The van der Waals surface area contributed by atoms with Crippen LogP contribution < -0.4 is 10.6 Å². The monoisotopic (exact) mass is 415 g/mol. The number of carboxylic acid groups (broad SMARTS) is 2. The maximum Gasteiger partial charge on any atom is 0.372 e. The van der Waals surface area contributed by atoms with E-state index < -0.39 is 42.4 Å². The van der Waals surface area contributed by atoms with Crippen molar-refractivity contribution in [1.29, 1.82) is 0 Å². The van der Waals surface area contributed by atoms with Crippen LogP contribution in [0.2, 0.25) is 0 Å². The maximum absolute atomic E-state index is 11.7. The van der Waals surface area contributed by atoms with E-state index in [0.29, 0.717) is 3.35 Å². The fraction of sp³-hybridized carbons (Fsp3) is 0.600. The minimum absolute atomic E-state index is 0. The van der Waals surface area contributed by atoms with Crippen molar-refractivity contribution in [2.45, 2.75) is 24.9 Å². The van der Waals surface area contributed by atoms with Gasteiger partial charge in [-0.15, -0.1) is 0 Å². The van der Waals surface area contributed by atoms with E-state index in [2.05, 4.69) is 48.5 Å². The van der Waals surface area contributed by atoms with Crippen molar-refractivity contribution in [1.82, 2.24) is 10.6 Å². The molecule has 0 spiro atoms. The average molecular weight is 415 g/mol. The number of amides is 2. The molecule has 4 N–H and O–H groups in total. The summed E-state index contributed by atoms with van der Waals surface area (Å²) in [7, 11) is 0. The largest absolute Gasteiger partial charge is 0.480 e. The molecule has 0 aliphatic heterocycles. The molecule has 0 unspecified atom stereocenters. The molecule has 24 heavy (non-hydrogen) atoms. The summed E-state index contributed by atoms with van der Waals surface area (Å²) in [6, 6.07) is -2.20. The summed E-state index contributed by atoms with van der Waals surface area (Å²) in [6.45, 7) is -0.582.